The van der Waals surface area contributed by atoms with Gasteiger partial charge in [-0.3, -0.25) is 19.4 Å². The SMILES string of the molecule is CCC(C)NC(=O)CSC1=Nc2ccccc2C2=NC(CC(=O)NCCc3ccccc3)C(=O)N12. The Morgan fingerprint density at radius 2 is 1.83 bits per heavy atom. The number of amidine groups is 2. The number of para-hydroxylation sites is 1. The van der Waals surface area contributed by atoms with Crippen LogP contribution in [0.4, 0.5) is 5.69 Å². The van der Waals surface area contributed by atoms with E-state index in [0.717, 1.165) is 17.5 Å². The van der Waals surface area contributed by atoms with Crippen LogP contribution in [0, 0.1) is 0 Å². The second kappa shape index (κ2) is 11.3. The molecule has 0 aliphatic carbocycles. The zero-order chi connectivity index (χ0) is 24.8. The normalized spacial score (nSPS) is 17.1. The van der Waals surface area contributed by atoms with E-state index in [0.29, 0.717) is 29.7 Å². The molecule has 2 unspecified atom stereocenters. The Labute approximate surface area is 209 Å². The quantitative estimate of drug-likeness (QED) is 0.563. The predicted molar refractivity (Wildman–Crippen MR) is 139 cm³/mol. The molecule has 0 spiro atoms. The summed E-state index contributed by atoms with van der Waals surface area (Å²) in [4.78, 5) is 48.9. The van der Waals surface area contributed by atoms with Crippen molar-refractivity contribution in [3.8, 4) is 0 Å². The van der Waals surface area contributed by atoms with Crippen molar-refractivity contribution in [2.75, 3.05) is 12.3 Å². The first-order valence-corrected chi connectivity index (χ1v) is 12.8. The first-order valence-electron chi connectivity index (χ1n) is 11.8. The second-order valence-corrected chi connectivity index (χ2v) is 9.45. The molecule has 0 fully saturated rings. The zero-order valence-electron chi connectivity index (χ0n) is 19.9. The molecule has 182 valence electrons. The highest BCUT2D eigenvalue weighted by Gasteiger charge is 2.42. The molecule has 2 aliphatic heterocycles. The van der Waals surface area contributed by atoms with Crippen molar-refractivity contribution in [1.82, 2.24) is 15.5 Å². The number of amides is 3. The smallest absolute Gasteiger partial charge is 0.259 e. The predicted octanol–water partition coefficient (Wildman–Crippen LogP) is 3.04. The molecular formula is C26H29N5O3S. The third-order valence-electron chi connectivity index (χ3n) is 5.86. The van der Waals surface area contributed by atoms with E-state index >= 15 is 0 Å². The fourth-order valence-corrected chi connectivity index (χ4v) is 4.63. The van der Waals surface area contributed by atoms with E-state index in [4.69, 9.17) is 0 Å². The van der Waals surface area contributed by atoms with Crippen molar-refractivity contribution in [3.05, 3.63) is 65.7 Å². The molecule has 2 N–H and O–H groups in total. The monoisotopic (exact) mass is 491 g/mol. The van der Waals surface area contributed by atoms with E-state index in [-0.39, 0.29) is 35.9 Å². The Hall–Kier alpha value is -3.46. The lowest BCUT2D eigenvalue weighted by atomic mass is 10.1. The maximum Gasteiger partial charge on any atom is 0.259 e. The molecule has 2 aromatic carbocycles. The van der Waals surface area contributed by atoms with Crippen LogP contribution >= 0.6 is 11.8 Å². The van der Waals surface area contributed by atoms with E-state index in [1.54, 1.807) is 0 Å². The van der Waals surface area contributed by atoms with Gasteiger partial charge in [-0.2, -0.15) is 0 Å². The van der Waals surface area contributed by atoms with Crippen molar-refractivity contribution >= 4 is 46.2 Å². The minimum absolute atomic E-state index is 0.0394. The highest BCUT2D eigenvalue weighted by Crippen LogP contribution is 2.34. The first kappa shape index (κ1) is 24.7. The van der Waals surface area contributed by atoms with Gasteiger partial charge in [0.1, 0.15) is 11.9 Å². The van der Waals surface area contributed by atoms with Crippen LogP contribution in [-0.2, 0) is 20.8 Å². The lowest BCUT2D eigenvalue weighted by Gasteiger charge is -2.25. The Balaban J connectivity index is 1.43. The summed E-state index contributed by atoms with van der Waals surface area (Å²) in [6.07, 6.45) is 1.51. The molecule has 2 aromatic rings. The van der Waals surface area contributed by atoms with Crippen LogP contribution in [0.1, 0.15) is 37.8 Å². The number of hydrogen-bond acceptors (Lipinski definition) is 6. The number of thioether (sulfide) groups is 1. The number of aliphatic imine (C=N–C) groups is 2. The van der Waals surface area contributed by atoms with E-state index in [2.05, 4.69) is 20.6 Å². The number of carbonyl (C=O) groups is 3. The molecule has 0 saturated carbocycles. The average molecular weight is 492 g/mol. The van der Waals surface area contributed by atoms with Crippen LogP contribution in [0.2, 0.25) is 0 Å². The molecule has 2 heterocycles. The van der Waals surface area contributed by atoms with E-state index in [1.807, 2.05) is 68.4 Å². The summed E-state index contributed by atoms with van der Waals surface area (Å²) in [7, 11) is 0. The van der Waals surface area contributed by atoms with Crippen molar-refractivity contribution in [1.29, 1.82) is 0 Å². The van der Waals surface area contributed by atoms with Crippen LogP contribution < -0.4 is 10.6 Å². The lowest BCUT2D eigenvalue weighted by Crippen LogP contribution is -2.42. The van der Waals surface area contributed by atoms with Crippen LogP contribution in [-0.4, -0.2) is 58.0 Å². The van der Waals surface area contributed by atoms with Gasteiger partial charge in [0.25, 0.3) is 5.91 Å². The van der Waals surface area contributed by atoms with Gasteiger partial charge in [0.2, 0.25) is 11.8 Å². The summed E-state index contributed by atoms with van der Waals surface area (Å²) in [5, 5.41) is 6.21. The van der Waals surface area contributed by atoms with Gasteiger partial charge in [0.15, 0.2) is 5.17 Å². The third kappa shape index (κ3) is 5.97. The molecule has 2 atom stereocenters. The number of benzene rings is 2. The van der Waals surface area contributed by atoms with Crippen molar-refractivity contribution in [2.24, 2.45) is 9.98 Å². The van der Waals surface area contributed by atoms with Crippen molar-refractivity contribution in [3.63, 3.8) is 0 Å². The molecule has 9 heteroatoms. The fraction of sp³-hybridized carbons (Fsp3) is 0.346. The molecule has 4 rings (SSSR count). The second-order valence-electron chi connectivity index (χ2n) is 8.51. The van der Waals surface area contributed by atoms with Gasteiger partial charge in [-0.25, -0.2) is 9.89 Å². The highest BCUT2D eigenvalue weighted by molar-refractivity contribution is 8.14. The summed E-state index contributed by atoms with van der Waals surface area (Å²) in [6.45, 7) is 4.44. The minimum atomic E-state index is -0.826. The van der Waals surface area contributed by atoms with Gasteiger partial charge >= 0.3 is 0 Å². The maximum absolute atomic E-state index is 13.3. The number of carbonyl (C=O) groups excluding carboxylic acids is 3. The molecular weight excluding hydrogens is 462 g/mol. The fourth-order valence-electron chi connectivity index (χ4n) is 3.82. The maximum atomic E-state index is 13.3. The summed E-state index contributed by atoms with van der Waals surface area (Å²) < 4.78 is 0. The topological polar surface area (TPSA) is 103 Å². The molecule has 3 amide bonds. The number of fused-ring (bicyclic) bond motifs is 3. The minimum Gasteiger partial charge on any atom is -0.356 e. The van der Waals surface area contributed by atoms with Crippen LogP contribution in [0.5, 0.6) is 0 Å². The summed E-state index contributed by atoms with van der Waals surface area (Å²) in [5.74, 6) is -0.0393. The zero-order valence-corrected chi connectivity index (χ0v) is 20.7. The highest BCUT2D eigenvalue weighted by atomic mass is 32.2. The third-order valence-corrected chi connectivity index (χ3v) is 6.80. The number of hydrogen-bond donors (Lipinski definition) is 2. The van der Waals surface area contributed by atoms with Gasteiger partial charge in [-0.15, -0.1) is 0 Å². The van der Waals surface area contributed by atoms with Gasteiger partial charge in [0, 0.05) is 18.2 Å². The Kier molecular flexibility index (Phi) is 7.97. The first-order chi connectivity index (χ1) is 17.0. The summed E-state index contributed by atoms with van der Waals surface area (Å²) in [5.41, 5.74) is 2.56. The van der Waals surface area contributed by atoms with Gasteiger partial charge in [0.05, 0.1) is 17.9 Å². The van der Waals surface area contributed by atoms with Crippen molar-refractivity contribution in [2.45, 2.75) is 45.2 Å². The lowest BCUT2D eigenvalue weighted by molar-refractivity contribution is -0.128. The van der Waals surface area contributed by atoms with E-state index < -0.39 is 6.04 Å². The van der Waals surface area contributed by atoms with Gasteiger partial charge < -0.3 is 10.6 Å². The summed E-state index contributed by atoms with van der Waals surface area (Å²) in [6, 6.07) is 16.6. The molecule has 2 aliphatic rings. The number of nitrogens with zero attached hydrogens (tertiary/aromatic N) is 3. The van der Waals surface area contributed by atoms with Gasteiger partial charge in [-0.1, -0.05) is 61.2 Å². The molecule has 0 saturated heterocycles. The van der Waals surface area contributed by atoms with Crippen LogP contribution in [0.25, 0.3) is 0 Å². The van der Waals surface area contributed by atoms with Gasteiger partial charge in [-0.05, 0) is 37.5 Å². The molecule has 0 aromatic heterocycles. The molecule has 8 nitrogen and oxygen atoms in total. The molecule has 0 radical (unpaired) electrons. The standard InChI is InChI=1S/C26H29N5O3S/c1-3-17(2)28-23(33)16-35-26-30-20-12-8-7-11-19(20)24-29-21(25(34)31(24)26)15-22(32)27-14-13-18-9-5-4-6-10-18/h4-12,17,21H,3,13-16H2,1-2H3,(H,27,32)(H,28,33). The van der Waals surface area contributed by atoms with Crippen molar-refractivity contribution < 1.29 is 14.4 Å². The van der Waals surface area contributed by atoms with E-state index in [1.165, 1.54) is 16.7 Å². The Morgan fingerprint density at radius 1 is 1.09 bits per heavy atom. The Morgan fingerprint density at radius 3 is 2.60 bits per heavy atom. The average Bonchev–Trinajstić information content (AvgIpc) is 3.19. The van der Waals surface area contributed by atoms with Crippen LogP contribution in [0.15, 0.2) is 64.6 Å². The molecule has 35 heavy (non-hydrogen) atoms. The van der Waals surface area contributed by atoms with Crippen LogP contribution in [0.3, 0.4) is 0 Å². The number of rotatable bonds is 9. The summed E-state index contributed by atoms with van der Waals surface area (Å²) >= 11 is 1.20. The Bertz CT molecular complexity index is 1160. The van der Waals surface area contributed by atoms with E-state index in [9.17, 15) is 14.4 Å². The number of nitrogens with one attached hydrogen (secondary N) is 2. The molecule has 0 bridgehead atoms. The largest absolute Gasteiger partial charge is 0.356 e.